The lowest BCUT2D eigenvalue weighted by Crippen LogP contribution is -2.38. The average Bonchev–Trinajstić information content (AvgIpc) is 3.49. The monoisotopic (exact) mass is 567 g/mol. The average molecular weight is 568 g/mol. The zero-order chi connectivity index (χ0) is 28.7. The molecule has 2 saturated carbocycles. The standard InChI is InChI=1S/C26H30F5N7O2/c1-37-11-10-32-23(37)24(40)36-22(16-4-7-25(27,28)8-5-16)18-14-38-19(34-18)12-17(13-33-38)21(15-2-3-15)35-20(39)6-9-26(29,30)31/h10-16,21-22H,2-9H2,1H3,(H,35,39)(H,36,40)/t21-,22+/m1/s1. The molecule has 14 heteroatoms. The Labute approximate surface area is 226 Å². The molecule has 2 aliphatic carbocycles. The molecule has 2 aliphatic rings. The van der Waals surface area contributed by atoms with Gasteiger partial charge in [0.2, 0.25) is 11.8 Å². The van der Waals surface area contributed by atoms with Gasteiger partial charge in [-0.1, -0.05) is 0 Å². The summed E-state index contributed by atoms with van der Waals surface area (Å²) >= 11 is 0. The predicted octanol–water partition coefficient (Wildman–Crippen LogP) is 4.67. The number of carbonyl (C=O) groups is 2. The third-order valence-electron chi connectivity index (χ3n) is 7.63. The van der Waals surface area contributed by atoms with Crippen LogP contribution in [0.15, 0.2) is 30.9 Å². The molecule has 9 nitrogen and oxygen atoms in total. The van der Waals surface area contributed by atoms with E-state index in [0.717, 1.165) is 12.8 Å². The van der Waals surface area contributed by atoms with Crippen molar-refractivity contribution in [2.24, 2.45) is 18.9 Å². The first-order valence-electron chi connectivity index (χ1n) is 13.3. The SMILES string of the molecule is Cn1ccnc1C(=O)N[C@H](c1cn2ncc([C@H](NC(=O)CCC(F)(F)F)C3CC3)cc2n1)C1CCC(F)(F)CC1. The lowest BCUT2D eigenvalue weighted by molar-refractivity contribution is -0.144. The first-order chi connectivity index (χ1) is 18.9. The van der Waals surface area contributed by atoms with Crippen molar-refractivity contribution in [2.75, 3.05) is 0 Å². The molecular weight excluding hydrogens is 537 g/mol. The molecule has 0 radical (unpaired) electrons. The highest BCUT2D eigenvalue weighted by atomic mass is 19.4. The molecule has 3 heterocycles. The van der Waals surface area contributed by atoms with Crippen LogP contribution in [0.5, 0.6) is 0 Å². The molecule has 5 rings (SSSR count). The Hall–Kier alpha value is -3.58. The summed E-state index contributed by atoms with van der Waals surface area (Å²) in [6.45, 7) is 0. The fourth-order valence-electron chi connectivity index (χ4n) is 5.25. The number of hydrogen-bond donors (Lipinski definition) is 2. The molecule has 40 heavy (non-hydrogen) atoms. The summed E-state index contributed by atoms with van der Waals surface area (Å²) in [6, 6.07) is 0.528. The van der Waals surface area contributed by atoms with Crippen LogP contribution in [0, 0.1) is 11.8 Å². The number of amides is 2. The Balaban J connectivity index is 1.39. The summed E-state index contributed by atoms with van der Waals surface area (Å²) in [5, 5.41) is 10.0. The van der Waals surface area contributed by atoms with Gasteiger partial charge in [0.25, 0.3) is 5.91 Å². The number of nitrogens with zero attached hydrogens (tertiary/aromatic N) is 5. The number of aryl methyl sites for hydroxylation is 1. The number of alkyl halides is 5. The molecule has 2 atom stereocenters. The van der Waals surface area contributed by atoms with Crippen molar-refractivity contribution in [3.05, 3.63) is 47.9 Å². The summed E-state index contributed by atoms with van der Waals surface area (Å²) in [5.74, 6) is -3.94. The van der Waals surface area contributed by atoms with Crippen LogP contribution in [0.4, 0.5) is 22.0 Å². The number of rotatable bonds is 9. The second-order valence-corrected chi connectivity index (χ2v) is 10.8. The van der Waals surface area contributed by atoms with E-state index in [2.05, 4.69) is 25.7 Å². The van der Waals surface area contributed by atoms with E-state index in [4.69, 9.17) is 0 Å². The minimum absolute atomic E-state index is 0.0854. The van der Waals surface area contributed by atoms with E-state index < -0.39 is 48.8 Å². The zero-order valence-electron chi connectivity index (χ0n) is 21.8. The Kier molecular flexibility index (Phi) is 7.53. The first-order valence-corrected chi connectivity index (χ1v) is 13.3. The molecule has 0 bridgehead atoms. The molecule has 0 saturated heterocycles. The zero-order valence-corrected chi connectivity index (χ0v) is 21.8. The highest BCUT2D eigenvalue weighted by Gasteiger charge is 2.40. The molecule has 3 aromatic heterocycles. The highest BCUT2D eigenvalue weighted by molar-refractivity contribution is 5.91. The molecule has 0 aliphatic heterocycles. The number of halogens is 5. The number of nitrogens with one attached hydrogen (secondary N) is 2. The third kappa shape index (κ3) is 6.58. The van der Waals surface area contributed by atoms with Crippen molar-refractivity contribution in [1.29, 1.82) is 0 Å². The summed E-state index contributed by atoms with van der Waals surface area (Å²) in [6.07, 6.45) is 1.44. The maximum Gasteiger partial charge on any atom is 0.389 e. The van der Waals surface area contributed by atoms with Crippen LogP contribution in [-0.4, -0.2) is 48.1 Å². The number of aromatic nitrogens is 5. The van der Waals surface area contributed by atoms with Crippen molar-refractivity contribution in [3.63, 3.8) is 0 Å². The maximum absolute atomic E-state index is 13.9. The largest absolute Gasteiger partial charge is 0.389 e. The van der Waals surface area contributed by atoms with E-state index in [9.17, 15) is 31.5 Å². The number of hydrogen-bond acceptors (Lipinski definition) is 5. The van der Waals surface area contributed by atoms with Gasteiger partial charge >= 0.3 is 6.18 Å². The van der Waals surface area contributed by atoms with E-state index in [1.165, 1.54) is 16.9 Å². The van der Waals surface area contributed by atoms with Gasteiger partial charge in [0.05, 0.1) is 36.6 Å². The normalized spacial score (nSPS) is 19.4. The Morgan fingerprint density at radius 1 is 1.10 bits per heavy atom. The smallest absolute Gasteiger partial charge is 0.349 e. The Morgan fingerprint density at radius 3 is 2.42 bits per heavy atom. The molecule has 2 fully saturated rings. The molecule has 0 spiro atoms. The summed E-state index contributed by atoms with van der Waals surface area (Å²) in [4.78, 5) is 34.0. The van der Waals surface area contributed by atoms with E-state index in [-0.39, 0.29) is 43.3 Å². The molecule has 3 aromatic rings. The topological polar surface area (TPSA) is 106 Å². The second kappa shape index (κ2) is 10.8. The fraction of sp³-hybridized carbons (Fsp3) is 0.577. The number of fused-ring (bicyclic) bond motifs is 1. The molecule has 0 aromatic carbocycles. The summed E-state index contributed by atoms with van der Waals surface area (Å²) in [5.41, 5.74) is 1.46. The third-order valence-corrected chi connectivity index (χ3v) is 7.63. The lowest BCUT2D eigenvalue weighted by atomic mass is 9.81. The summed E-state index contributed by atoms with van der Waals surface area (Å²) in [7, 11) is 1.67. The molecule has 2 amide bonds. The van der Waals surface area contributed by atoms with Gasteiger partial charge in [-0.05, 0) is 49.1 Å². The van der Waals surface area contributed by atoms with Crippen LogP contribution in [0.25, 0.3) is 5.65 Å². The van der Waals surface area contributed by atoms with Crippen LogP contribution in [0.1, 0.15) is 85.3 Å². The fourth-order valence-corrected chi connectivity index (χ4v) is 5.25. The maximum atomic E-state index is 13.9. The summed E-state index contributed by atoms with van der Waals surface area (Å²) < 4.78 is 68.6. The van der Waals surface area contributed by atoms with Crippen molar-refractivity contribution >= 4 is 17.5 Å². The van der Waals surface area contributed by atoms with Crippen LogP contribution < -0.4 is 10.6 Å². The van der Waals surface area contributed by atoms with Gasteiger partial charge in [0.15, 0.2) is 11.5 Å². The van der Waals surface area contributed by atoms with E-state index >= 15 is 0 Å². The lowest BCUT2D eigenvalue weighted by Gasteiger charge is -2.33. The number of carbonyl (C=O) groups excluding carboxylic acids is 2. The Bertz CT molecular complexity index is 1370. The minimum atomic E-state index is -4.42. The van der Waals surface area contributed by atoms with Crippen molar-refractivity contribution < 1.29 is 31.5 Å². The quantitative estimate of drug-likeness (QED) is 0.366. The van der Waals surface area contributed by atoms with E-state index in [1.807, 2.05) is 0 Å². The van der Waals surface area contributed by atoms with Gasteiger partial charge in [-0.25, -0.2) is 23.3 Å². The van der Waals surface area contributed by atoms with Crippen LogP contribution in [0.2, 0.25) is 0 Å². The second-order valence-electron chi connectivity index (χ2n) is 10.8. The van der Waals surface area contributed by atoms with Crippen LogP contribution >= 0.6 is 0 Å². The molecular formula is C26H30F5N7O2. The van der Waals surface area contributed by atoms with E-state index in [0.29, 0.717) is 16.9 Å². The van der Waals surface area contributed by atoms with Gasteiger partial charge in [0.1, 0.15) is 0 Å². The molecule has 0 unspecified atom stereocenters. The minimum Gasteiger partial charge on any atom is -0.349 e. The van der Waals surface area contributed by atoms with Gasteiger partial charge in [-0.2, -0.15) is 18.3 Å². The molecule has 216 valence electrons. The van der Waals surface area contributed by atoms with Crippen LogP contribution in [0.3, 0.4) is 0 Å². The van der Waals surface area contributed by atoms with Gasteiger partial charge in [-0.3, -0.25) is 9.59 Å². The number of imidazole rings is 2. The predicted molar refractivity (Wildman–Crippen MR) is 132 cm³/mol. The molecule has 2 N–H and O–H groups in total. The first kappa shape index (κ1) is 28.0. The van der Waals surface area contributed by atoms with Crippen molar-refractivity contribution in [3.8, 4) is 0 Å². The Morgan fingerprint density at radius 2 is 1.80 bits per heavy atom. The van der Waals surface area contributed by atoms with Crippen molar-refractivity contribution in [2.45, 2.75) is 75.5 Å². The van der Waals surface area contributed by atoms with Crippen molar-refractivity contribution in [1.82, 2.24) is 34.8 Å². The van der Waals surface area contributed by atoms with Gasteiger partial charge in [0, 0.05) is 38.7 Å². The highest BCUT2D eigenvalue weighted by Crippen LogP contribution is 2.43. The van der Waals surface area contributed by atoms with Gasteiger partial charge in [-0.15, -0.1) is 0 Å². The van der Waals surface area contributed by atoms with Gasteiger partial charge < -0.3 is 15.2 Å². The van der Waals surface area contributed by atoms with Crippen LogP contribution in [-0.2, 0) is 11.8 Å². The van der Waals surface area contributed by atoms with E-state index in [1.54, 1.807) is 30.1 Å².